The third kappa shape index (κ3) is 5.78. The molecule has 0 saturated carbocycles. The van der Waals surface area contributed by atoms with Crippen molar-refractivity contribution in [2.45, 2.75) is 6.42 Å². The predicted molar refractivity (Wildman–Crippen MR) is 35.8 cm³/mol. The van der Waals surface area contributed by atoms with Gasteiger partial charge in [0, 0.05) is 22.4 Å². The van der Waals surface area contributed by atoms with Gasteiger partial charge in [0.05, 0.1) is 0 Å². The van der Waals surface area contributed by atoms with Crippen LogP contribution in [0.2, 0.25) is 0 Å². The summed E-state index contributed by atoms with van der Waals surface area (Å²) in [6, 6.07) is 0. The summed E-state index contributed by atoms with van der Waals surface area (Å²) >= 11 is 2.96. The van der Waals surface area contributed by atoms with Crippen LogP contribution in [0.1, 0.15) is 6.42 Å². The molecule has 0 aliphatic heterocycles. The molecule has 0 bridgehead atoms. The second-order valence-corrected chi connectivity index (χ2v) is 1.34. The van der Waals surface area contributed by atoms with E-state index >= 15 is 0 Å². The summed E-state index contributed by atoms with van der Waals surface area (Å²) in [7, 11) is 0. The number of rotatable bonds is 2. The van der Waals surface area contributed by atoms with Gasteiger partial charge in [0.1, 0.15) is 0 Å². The minimum Gasteiger partial charge on any atom is -0.103 e. The molecule has 0 amide bonds. The van der Waals surface area contributed by atoms with E-state index in [-0.39, 0.29) is 0 Å². The molecule has 0 N–H and O–H groups in total. The highest BCUT2D eigenvalue weighted by atomic mass is 79.9. The quantitative estimate of drug-likeness (QED) is 0.426. The normalized spacial score (nSPS) is 6.43. The van der Waals surface area contributed by atoms with Gasteiger partial charge >= 0.3 is 0 Å². The highest BCUT2D eigenvalue weighted by Gasteiger charge is 1.68. The van der Waals surface area contributed by atoms with Crippen LogP contribution in [0.15, 0.2) is 12.7 Å². The molecule has 0 aromatic rings. The van der Waals surface area contributed by atoms with Crippen molar-refractivity contribution in [3.63, 3.8) is 0 Å². The Kier molecular flexibility index (Phi) is 5.60. The molecule has 0 aromatic heterocycles. The Morgan fingerprint density at radius 1 is 1.71 bits per heavy atom. The zero-order chi connectivity index (χ0) is 5.54. The van der Waals surface area contributed by atoms with Gasteiger partial charge in [-0.2, -0.15) is 0 Å². The number of allylic oxidation sites excluding steroid dienone is 1. The summed E-state index contributed by atoms with van der Waals surface area (Å²) in [5.41, 5.74) is 0. The van der Waals surface area contributed by atoms with Gasteiger partial charge in [0.15, 0.2) is 0 Å². The Hall–Kier alpha value is -0.220. The molecular formula is C6H6Br. The van der Waals surface area contributed by atoms with Gasteiger partial charge in [-0.1, -0.05) is 12.0 Å². The fraction of sp³-hybridized carbons (Fsp3) is 0.167. The standard InChI is InChI=1S/C6H6Br/c1-2-3-4-5-6-7/h2-3H,1,4H2. The first kappa shape index (κ1) is 6.78. The molecule has 0 rings (SSSR count). The summed E-state index contributed by atoms with van der Waals surface area (Å²) in [6.07, 6.45) is 4.42. The lowest BCUT2D eigenvalue weighted by atomic mass is 10.3. The molecule has 0 spiro atoms. The Labute approximate surface area is 52.7 Å². The Bertz CT molecular complexity index is 94.5. The van der Waals surface area contributed by atoms with Crippen LogP contribution >= 0.6 is 15.9 Å². The molecule has 0 fully saturated rings. The fourth-order valence-electron chi connectivity index (χ4n) is 0.181. The molecule has 1 radical (unpaired) electrons. The van der Waals surface area contributed by atoms with Crippen molar-refractivity contribution in [1.29, 1.82) is 0 Å². The van der Waals surface area contributed by atoms with Crippen molar-refractivity contribution >= 4 is 15.9 Å². The van der Waals surface area contributed by atoms with E-state index in [9.17, 15) is 0 Å². The lowest BCUT2D eigenvalue weighted by Crippen LogP contribution is -1.60. The number of hydrogen-bond donors (Lipinski definition) is 0. The molecule has 0 nitrogen and oxygen atoms in total. The van der Waals surface area contributed by atoms with Crippen LogP contribution in [0.3, 0.4) is 0 Å². The minimum atomic E-state index is 0.786. The highest BCUT2D eigenvalue weighted by molar-refractivity contribution is 9.12. The SMILES string of the molecule is C=C[CH]CC#CBr. The number of halogens is 1. The van der Waals surface area contributed by atoms with E-state index in [2.05, 4.69) is 33.3 Å². The summed E-state index contributed by atoms with van der Waals surface area (Å²) in [5, 5.41) is 0. The van der Waals surface area contributed by atoms with Gasteiger partial charge in [-0.05, 0) is 11.3 Å². The van der Waals surface area contributed by atoms with Crippen LogP contribution in [0.5, 0.6) is 0 Å². The molecule has 37 valence electrons. The van der Waals surface area contributed by atoms with Gasteiger partial charge in [-0.3, -0.25) is 0 Å². The Morgan fingerprint density at radius 3 is 2.86 bits per heavy atom. The summed E-state index contributed by atoms with van der Waals surface area (Å²) in [6.45, 7) is 3.49. The monoisotopic (exact) mass is 157 g/mol. The van der Waals surface area contributed by atoms with Crippen molar-refractivity contribution in [1.82, 2.24) is 0 Å². The average molecular weight is 158 g/mol. The van der Waals surface area contributed by atoms with E-state index in [1.54, 1.807) is 6.08 Å². The second kappa shape index (κ2) is 5.78. The van der Waals surface area contributed by atoms with Gasteiger partial charge < -0.3 is 0 Å². The van der Waals surface area contributed by atoms with E-state index < -0.39 is 0 Å². The zero-order valence-electron chi connectivity index (χ0n) is 3.95. The van der Waals surface area contributed by atoms with Crippen LogP contribution in [0.25, 0.3) is 0 Å². The van der Waals surface area contributed by atoms with Crippen molar-refractivity contribution in [2.75, 3.05) is 0 Å². The molecule has 1 heteroatoms. The van der Waals surface area contributed by atoms with Gasteiger partial charge in [0.2, 0.25) is 0 Å². The molecule has 0 atom stereocenters. The second-order valence-electron chi connectivity index (χ2n) is 0.947. The number of hydrogen-bond acceptors (Lipinski definition) is 0. The molecule has 0 saturated heterocycles. The van der Waals surface area contributed by atoms with Crippen molar-refractivity contribution in [3.8, 4) is 10.8 Å². The third-order valence-corrected chi connectivity index (χ3v) is 0.734. The Balaban J connectivity index is 2.92. The topological polar surface area (TPSA) is 0 Å². The number of unbranched alkanes of at least 4 members (excludes halogenated alkanes) is 1. The van der Waals surface area contributed by atoms with Crippen LogP contribution in [-0.2, 0) is 0 Å². The maximum absolute atomic E-state index is 3.49. The molecule has 0 aliphatic carbocycles. The van der Waals surface area contributed by atoms with Crippen LogP contribution in [0.4, 0.5) is 0 Å². The van der Waals surface area contributed by atoms with Crippen molar-refractivity contribution in [2.24, 2.45) is 0 Å². The minimum absolute atomic E-state index is 0.786. The third-order valence-electron chi connectivity index (χ3n) is 0.453. The molecule has 0 unspecified atom stereocenters. The first-order valence-electron chi connectivity index (χ1n) is 1.94. The summed E-state index contributed by atoms with van der Waals surface area (Å²) in [5.74, 6) is 2.79. The van der Waals surface area contributed by atoms with E-state index in [1.807, 2.05) is 6.42 Å². The first-order valence-corrected chi connectivity index (χ1v) is 2.74. The van der Waals surface area contributed by atoms with Crippen LogP contribution < -0.4 is 0 Å². The van der Waals surface area contributed by atoms with Gasteiger partial charge in [-0.15, -0.1) is 6.58 Å². The molecule has 0 aliphatic rings. The first-order chi connectivity index (χ1) is 3.41. The largest absolute Gasteiger partial charge is 0.103 e. The molecule has 0 aromatic carbocycles. The lowest BCUT2D eigenvalue weighted by Gasteiger charge is -1.74. The van der Waals surface area contributed by atoms with E-state index in [4.69, 9.17) is 0 Å². The van der Waals surface area contributed by atoms with Gasteiger partial charge in [-0.25, -0.2) is 0 Å². The molecular weight excluding hydrogens is 152 g/mol. The highest BCUT2D eigenvalue weighted by Crippen LogP contribution is 1.83. The van der Waals surface area contributed by atoms with E-state index in [1.165, 1.54) is 0 Å². The summed E-state index contributed by atoms with van der Waals surface area (Å²) < 4.78 is 0. The van der Waals surface area contributed by atoms with Crippen molar-refractivity contribution < 1.29 is 0 Å². The van der Waals surface area contributed by atoms with Crippen LogP contribution in [-0.4, -0.2) is 0 Å². The smallest absolute Gasteiger partial charge is 0.0167 e. The zero-order valence-corrected chi connectivity index (χ0v) is 5.53. The Morgan fingerprint density at radius 2 is 2.43 bits per heavy atom. The van der Waals surface area contributed by atoms with Crippen LogP contribution in [0, 0.1) is 17.2 Å². The van der Waals surface area contributed by atoms with E-state index in [0.29, 0.717) is 0 Å². The maximum atomic E-state index is 3.49. The lowest BCUT2D eigenvalue weighted by molar-refractivity contribution is 1.36. The maximum Gasteiger partial charge on any atom is 0.0167 e. The fourth-order valence-corrected chi connectivity index (χ4v) is 0.343. The van der Waals surface area contributed by atoms with Gasteiger partial charge in [0.25, 0.3) is 0 Å². The molecule has 7 heavy (non-hydrogen) atoms. The molecule has 0 heterocycles. The van der Waals surface area contributed by atoms with E-state index in [0.717, 1.165) is 6.42 Å². The van der Waals surface area contributed by atoms with Crippen molar-refractivity contribution in [3.05, 3.63) is 19.1 Å². The average Bonchev–Trinajstić information content (AvgIpc) is 1.69. The predicted octanol–water partition coefficient (Wildman–Crippen LogP) is 2.12. The summed E-state index contributed by atoms with van der Waals surface area (Å²) in [4.78, 5) is 2.59.